The molecule has 3 aliphatic heterocycles. The van der Waals surface area contributed by atoms with Crippen molar-refractivity contribution in [2.24, 2.45) is 28.1 Å². The van der Waals surface area contributed by atoms with Crippen molar-refractivity contribution < 1.29 is 33.0 Å². The van der Waals surface area contributed by atoms with E-state index in [4.69, 9.17) is 23.4 Å². The van der Waals surface area contributed by atoms with Crippen LogP contribution in [0.3, 0.4) is 0 Å². The van der Waals surface area contributed by atoms with Crippen LogP contribution in [0, 0.1) is 28.1 Å². The lowest BCUT2D eigenvalue weighted by Crippen LogP contribution is -2.72. The maximum Gasteiger partial charge on any atom is 0.306 e. The Labute approximate surface area is 205 Å². The molecule has 1 aromatic heterocycles. The molecule has 3 saturated heterocycles. The van der Waals surface area contributed by atoms with Crippen molar-refractivity contribution in [2.45, 2.75) is 90.3 Å². The van der Waals surface area contributed by atoms with E-state index in [-0.39, 0.29) is 76.5 Å². The zero-order chi connectivity index (χ0) is 24.5. The molecule has 3 aliphatic carbocycles. The average Bonchev–Trinajstić information content (AvgIpc) is 3.54. The number of ether oxygens (including phenoxy) is 4. The van der Waals surface area contributed by atoms with Crippen molar-refractivity contribution in [2.75, 3.05) is 6.61 Å². The molecular formula is C28H34O7. The molecule has 2 saturated carbocycles. The fraction of sp³-hybridized carbons (Fsp3) is 0.714. The van der Waals surface area contributed by atoms with E-state index in [1.165, 1.54) is 23.6 Å². The van der Waals surface area contributed by atoms with Crippen molar-refractivity contribution in [3.63, 3.8) is 0 Å². The molecule has 0 N–H and O–H groups in total. The van der Waals surface area contributed by atoms with Crippen LogP contribution >= 0.6 is 0 Å². The number of hydrogen-bond donors (Lipinski definition) is 0. The summed E-state index contributed by atoms with van der Waals surface area (Å²) in [6, 6.07) is 2.05. The van der Waals surface area contributed by atoms with Gasteiger partial charge in [0.05, 0.1) is 37.4 Å². The third kappa shape index (κ3) is 2.49. The van der Waals surface area contributed by atoms with E-state index >= 15 is 0 Å². The van der Waals surface area contributed by atoms with E-state index in [1.54, 1.807) is 6.26 Å². The van der Waals surface area contributed by atoms with Gasteiger partial charge in [-0.2, -0.15) is 0 Å². The second-order valence-electron chi connectivity index (χ2n) is 12.5. The van der Waals surface area contributed by atoms with Crippen LogP contribution in [0.25, 0.3) is 0 Å². The lowest BCUT2D eigenvalue weighted by atomic mass is 9.39. The minimum atomic E-state index is -0.352. The van der Waals surface area contributed by atoms with Crippen LogP contribution < -0.4 is 0 Å². The summed E-state index contributed by atoms with van der Waals surface area (Å²) in [6.07, 6.45) is 4.40. The molecule has 7 nitrogen and oxygen atoms in total. The lowest BCUT2D eigenvalue weighted by Gasteiger charge is -2.66. The Bertz CT molecular complexity index is 1140. The van der Waals surface area contributed by atoms with Crippen LogP contribution in [0.15, 0.2) is 34.2 Å². The first-order chi connectivity index (χ1) is 16.6. The molecule has 0 radical (unpaired) electrons. The van der Waals surface area contributed by atoms with Crippen LogP contribution in [0.5, 0.6) is 0 Å². The van der Waals surface area contributed by atoms with Gasteiger partial charge in [-0.05, 0) is 36.5 Å². The highest BCUT2D eigenvalue weighted by molar-refractivity contribution is 5.72. The summed E-state index contributed by atoms with van der Waals surface area (Å²) in [5, 5.41) is 0. The van der Waals surface area contributed by atoms with Crippen molar-refractivity contribution in [3.8, 4) is 0 Å². The van der Waals surface area contributed by atoms with Crippen molar-refractivity contribution in [1.29, 1.82) is 0 Å². The average molecular weight is 483 g/mol. The Morgan fingerprint density at radius 1 is 1.20 bits per heavy atom. The summed E-state index contributed by atoms with van der Waals surface area (Å²) in [6.45, 7) is 11.0. The lowest BCUT2D eigenvalue weighted by molar-refractivity contribution is -0.268. The maximum absolute atomic E-state index is 13.1. The molecule has 0 spiro atoms. The van der Waals surface area contributed by atoms with Gasteiger partial charge in [0.1, 0.15) is 12.2 Å². The number of furan rings is 1. The molecule has 4 heterocycles. The van der Waals surface area contributed by atoms with Gasteiger partial charge < -0.3 is 23.4 Å². The molecule has 35 heavy (non-hydrogen) atoms. The van der Waals surface area contributed by atoms with Crippen molar-refractivity contribution in [1.82, 2.24) is 0 Å². The van der Waals surface area contributed by atoms with E-state index in [2.05, 4.69) is 27.7 Å². The molecule has 1 aromatic rings. The Hall–Kier alpha value is -2.12. The first-order valence-electron chi connectivity index (χ1n) is 13.0. The summed E-state index contributed by atoms with van der Waals surface area (Å²) < 4.78 is 30.9. The number of fused-ring (bicyclic) bond motifs is 5. The molecule has 7 rings (SSSR count). The summed E-state index contributed by atoms with van der Waals surface area (Å²) in [7, 11) is 0. The molecule has 5 fully saturated rings. The summed E-state index contributed by atoms with van der Waals surface area (Å²) in [5.74, 6) is -0.0761. The molecule has 0 bridgehead atoms. The van der Waals surface area contributed by atoms with Crippen molar-refractivity contribution in [3.05, 3.63) is 35.3 Å². The van der Waals surface area contributed by atoms with Crippen LogP contribution in [0.2, 0.25) is 0 Å². The summed E-state index contributed by atoms with van der Waals surface area (Å²) in [4.78, 5) is 25.1. The Balaban J connectivity index is 1.39. The second kappa shape index (κ2) is 6.80. The van der Waals surface area contributed by atoms with Gasteiger partial charge in [0.2, 0.25) is 0 Å². The highest BCUT2D eigenvalue weighted by Gasteiger charge is 2.79. The highest BCUT2D eigenvalue weighted by atomic mass is 16.6. The van der Waals surface area contributed by atoms with Gasteiger partial charge >= 0.3 is 11.9 Å². The van der Waals surface area contributed by atoms with Gasteiger partial charge in [-0.1, -0.05) is 26.3 Å². The number of esters is 2. The summed E-state index contributed by atoms with van der Waals surface area (Å²) in [5.41, 5.74) is 2.89. The minimum Gasteiger partial charge on any atom is -0.472 e. The number of carbonyl (C=O) groups is 2. The number of rotatable bonds is 2. The molecule has 1 unspecified atom stereocenters. The fourth-order valence-electron chi connectivity index (χ4n) is 9.81. The quantitative estimate of drug-likeness (QED) is 0.462. The Kier molecular flexibility index (Phi) is 4.29. The smallest absolute Gasteiger partial charge is 0.306 e. The Morgan fingerprint density at radius 3 is 2.71 bits per heavy atom. The highest BCUT2D eigenvalue weighted by Crippen LogP contribution is 2.74. The SMILES string of the molecule is CC(=O)O[C@@H]1C[C@H]2OC(=O)C[C@H]3[C@]4(C)C5=C(C)[C@H](c6ccoc6)C[C@H]5O[C@@H]4[C@@H]4OC[C@@]1(C)C4[C@]23C. The minimum absolute atomic E-state index is 0.00442. The Morgan fingerprint density at radius 2 is 2.00 bits per heavy atom. The number of carbonyl (C=O) groups excluding carboxylic acids is 2. The predicted molar refractivity (Wildman–Crippen MR) is 123 cm³/mol. The topological polar surface area (TPSA) is 84.2 Å². The molecular weight excluding hydrogens is 448 g/mol. The summed E-state index contributed by atoms with van der Waals surface area (Å²) >= 11 is 0. The molecule has 0 aromatic carbocycles. The normalized spacial score (nSPS) is 51.5. The molecule has 11 atom stereocenters. The second-order valence-corrected chi connectivity index (χ2v) is 12.5. The first-order valence-corrected chi connectivity index (χ1v) is 13.0. The van der Waals surface area contributed by atoms with Crippen LogP contribution in [0.1, 0.15) is 65.4 Å². The van der Waals surface area contributed by atoms with Gasteiger partial charge in [0, 0.05) is 47.8 Å². The monoisotopic (exact) mass is 482 g/mol. The number of allylic oxidation sites excluding steroid dienone is 1. The third-order valence-corrected chi connectivity index (χ3v) is 11.0. The largest absolute Gasteiger partial charge is 0.472 e. The van der Waals surface area contributed by atoms with E-state index < -0.39 is 0 Å². The predicted octanol–water partition coefficient (Wildman–Crippen LogP) is 4.17. The molecule has 6 aliphatic rings. The van der Waals surface area contributed by atoms with Gasteiger partial charge in [-0.25, -0.2) is 0 Å². The van der Waals surface area contributed by atoms with Crippen LogP contribution in [0.4, 0.5) is 0 Å². The van der Waals surface area contributed by atoms with Gasteiger partial charge in [0.25, 0.3) is 0 Å². The first kappa shape index (κ1) is 22.1. The van der Waals surface area contributed by atoms with Crippen LogP contribution in [-0.4, -0.2) is 49.1 Å². The third-order valence-electron chi connectivity index (χ3n) is 11.0. The fourth-order valence-corrected chi connectivity index (χ4v) is 9.81. The standard InChI is InChI=1S/C28H34O7/c1-13-16(15-6-7-31-11-15)8-17-22(13)28(5)18-9-21(30)35-20-10-19(33-14(2)29)26(3)12-32-23(25(28)34-17)24(26)27(18,20)4/h6-7,11,16-20,23-25H,8-10,12H2,1-5H3/t16-,17-,18-,19-,20-,23-,24?,25-,26-,27+,28-/m1/s1. The molecule has 0 amide bonds. The number of hydrogen-bond acceptors (Lipinski definition) is 7. The van der Waals surface area contributed by atoms with E-state index in [9.17, 15) is 9.59 Å². The van der Waals surface area contributed by atoms with Gasteiger partial charge in [0.15, 0.2) is 0 Å². The zero-order valence-corrected chi connectivity index (χ0v) is 21.0. The van der Waals surface area contributed by atoms with E-state index in [0.717, 1.165) is 6.42 Å². The van der Waals surface area contributed by atoms with Gasteiger partial charge in [-0.3, -0.25) is 9.59 Å². The van der Waals surface area contributed by atoms with E-state index in [0.29, 0.717) is 19.4 Å². The van der Waals surface area contributed by atoms with E-state index in [1.807, 2.05) is 12.3 Å². The molecule has 188 valence electrons. The zero-order valence-electron chi connectivity index (χ0n) is 21.0. The van der Waals surface area contributed by atoms with Crippen LogP contribution in [-0.2, 0) is 28.5 Å². The molecule has 7 heteroatoms. The van der Waals surface area contributed by atoms with Gasteiger partial charge in [-0.15, -0.1) is 0 Å². The van der Waals surface area contributed by atoms with Crippen molar-refractivity contribution >= 4 is 11.9 Å². The maximum atomic E-state index is 13.1.